The van der Waals surface area contributed by atoms with Gasteiger partial charge in [0, 0.05) is 21.1 Å². The number of aromatic nitrogens is 1. The molecule has 1 aliphatic rings. The number of halogens is 3. The Balaban J connectivity index is 1.43. The molecule has 3 aromatic rings. The second-order valence-electron chi connectivity index (χ2n) is 7.89. The number of fused-ring (bicyclic) bond motifs is 1. The summed E-state index contributed by atoms with van der Waals surface area (Å²) in [4.78, 5) is 17.7. The van der Waals surface area contributed by atoms with Gasteiger partial charge in [0.15, 0.2) is 0 Å². The number of nitrogens with zero attached hydrogens (tertiary/aromatic N) is 1. The number of ether oxygens (including phenoxy) is 1. The second kappa shape index (κ2) is 9.77. The molecular weight excluding hydrogens is 471 g/mol. The van der Waals surface area contributed by atoms with E-state index in [2.05, 4.69) is 11.1 Å². The molecule has 2 aromatic carbocycles. The lowest BCUT2D eigenvalue weighted by Crippen LogP contribution is -2.19. The van der Waals surface area contributed by atoms with Gasteiger partial charge in [0.1, 0.15) is 16.9 Å². The van der Waals surface area contributed by atoms with Gasteiger partial charge in [0.2, 0.25) is 0 Å². The van der Waals surface area contributed by atoms with Gasteiger partial charge in [-0.1, -0.05) is 12.1 Å². The van der Waals surface area contributed by atoms with E-state index in [1.54, 1.807) is 11.8 Å². The summed E-state index contributed by atoms with van der Waals surface area (Å²) in [5.74, 6) is 0.596. The zero-order valence-corrected chi connectivity index (χ0v) is 19.4. The second-order valence-corrected chi connectivity index (χ2v) is 10.0. The number of carboxylic acids is 1. The van der Waals surface area contributed by atoms with Crippen molar-refractivity contribution in [2.24, 2.45) is 0 Å². The van der Waals surface area contributed by atoms with Gasteiger partial charge in [0.05, 0.1) is 17.7 Å². The first kappa shape index (κ1) is 23.6. The number of hydrogen-bond donors (Lipinski definition) is 1. The van der Waals surface area contributed by atoms with Crippen LogP contribution < -0.4 is 4.74 Å². The van der Waals surface area contributed by atoms with Crippen molar-refractivity contribution >= 4 is 29.1 Å². The standard InChI is InChI=1S/C24H22F3NO3S2/c1-14-21(33-23(28-14)15-5-7-17(8-6-15)24(25,26)27)13-32-19-9-10-20-16(11-19)3-2-4-18(31-20)12-22(29)30/h5-11,18H,2-4,12-13H2,1H3,(H,29,30)/t18-/m0/s1. The molecule has 1 aromatic heterocycles. The highest BCUT2D eigenvalue weighted by atomic mass is 32.2. The molecule has 0 fully saturated rings. The third kappa shape index (κ3) is 5.89. The molecule has 0 saturated heterocycles. The van der Waals surface area contributed by atoms with Gasteiger partial charge >= 0.3 is 12.1 Å². The Hall–Kier alpha value is -2.52. The van der Waals surface area contributed by atoms with E-state index >= 15 is 0 Å². The normalized spacial score (nSPS) is 16.1. The number of rotatable bonds is 6. The molecular formula is C24H22F3NO3S2. The predicted octanol–water partition coefficient (Wildman–Crippen LogP) is 6.99. The Bertz CT molecular complexity index is 1140. The molecule has 0 radical (unpaired) electrons. The molecule has 1 aliphatic heterocycles. The van der Waals surface area contributed by atoms with Gasteiger partial charge in [-0.15, -0.1) is 23.1 Å². The summed E-state index contributed by atoms with van der Waals surface area (Å²) in [6.07, 6.45) is -2.21. The van der Waals surface area contributed by atoms with Crippen molar-refractivity contribution in [3.8, 4) is 16.3 Å². The lowest BCUT2D eigenvalue weighted by molar-refractivity contribution is -0.139. The van der Waals surface area contributed by atoms with E-state index in [1.165, 1.54) is 23.5 Å². The van der Waals surface area contributed by atoms with Gasteiger partial charge in [-0.05, 0) is 62.1 Å². The third-order valence-electron chi connectivity index (χ3n) is 5.42. The number of thioether (sulfide) groups is 1. The first-order chi connectivity index (χ1) is 15.7. The highest BCUT2D eigenvalue weighted by Crippen LogP contribution is 2.37. The van der Waals surface area contributed by atoms with Crippen molar-refractivity contribution in [1.29, 1.82) is 0 Å². The number of aryl methyl sites for hydroxylation is 2. The largest absolute Gasteiger partial charge is 0.490 e. The quantitative estimate of drug-likeness (QED) is 0.375. The molecule has 174 valence electrons. The lowest BCUT2D eigenvalue weighted by Gasteiger charge is -2.15. The minimum atomic E-state index is -4.35. The summed E-state index contributed by atoms with van der Waals surface area (Å²) < 4.78 is 44.3. The van der Waals surface area contributed by atoms with Crippen LogP contribution in [0.4, 0.5) is 13.2 Å². The van der Waals surface area contributed by atoms with Crippen LogP contribution in [0.15, 0.2) is 47.4 Å². The van der Waals surface area contributed by atoms with Crippen LogP contribution in [-0.2, 0) is 23.1 Å². The van der Waals surface area contributed by atoms with Crippen LogP contribution in [-0.4, -0.2) is 22.2 Å². The summed E-state index contributed by atoms with van der Waals surface area (Å²) in [7, 11) is 0. The van der Waals surface area contributed by atoms with Gasteiger partial charge in [0.25, 0.3) is 0 Å². The van der Waals surface area contributed by atoms with Gasteiger partial charge in [-0.3, -0.25) is 4.79 Å². The van der Waals surface area contributed by atoms with Crippen LogP contribution in [0.1, 0.15) is 41.0 Å². The fourth-order valence-corrected chi connectivity index (χ4v) is 5.86. The monoisotopic (exact) mass is 493 g/mol. The van der Waals surface area contributed by atoms with E-state index in [-0.39, 0.29) is 12.5 Å². The number of aliphatic carboxylic acids is 1. The fourth-order valence-electron chi connectivity index (χ4n) is 3.69. The average Bonchev–Trinajstić information content (AvgIpc) is 3.01. The van der Waals surface area contributed by atoms with Crippen LogP contribution in [0, 0.1) is 6.92 Å². The third-order valence-corrected chi connectivity index (χ3v) is 7.83. The Morgan fingerprint density at radius 1 is 1.24 bits per heavy atom. The molecule has 4 nitrogen and oxygen atoms in total. The van der Waals surface area contributed by atoms with Crippen LogP contribution in [0.25, 0.3) is 10.6 Å². The maximum absolute atomic E-state index is 12.8. The van der Waals surface area contributed by atoms with E-state index in [4.69, 9.17) is 9.84 Å². The summed E-state index contributed by atoms with van der Waals surface area (Å²) in [5, 5.41) is 9.74. The lowest BCUT2D eigenvalue weighted by atomic mass is 10.1. The zero-order valence-electron chi connectivity index (χ0n) is 17.8. The number of alkyl halides is 3. The molecule has 33 heavy (non-hydrogen) atoms. The number of benzene rings is 2. The minimum absolute atomic E-state index is 0.00185. The van der Waals surface area contributed by atoms with Crippen LogP contribution in [0.2, 0.25) is 0 Å². The van der Waals surface area contributed by atoms with Gasteiger partial charge in [-0.2, -0.15) is 13.2 Å². The molecule has 1 N–H and O–H groups in total. The van der Waals surface area contributed by atoms with Crippen LogP contribution in [0.5, 0.6) is 5.75 Å². The van der Waals surface area contributed by atoms with E-state index in [0.717, 1.165) is 58.2 Å². The van der Waals surface area contributed by atoms with Crippen molar-refractivity contribution in [3.63, 3.8) is 0 Å². The van der Waals surface area contributed by atoms with E-state index in [0.29, 0.717) is 16.3 Å². The van der Waals surface area contributed by atoms with Crippen molar-refractivity contribution in [1.82, 2.24) is 4.98 Å². The fraction of sp³-hybridized carbons (Fsp3) is 0.333. The molecule has 0 bridgehead atoms. The predicted molar refractivity (Wildman–Crippen MR) is 123 cm³/mol. The van der Waals surface area contributed by atoms with Crippen LogP contribution in [0.3, 0.4) is 0 Å². The number of carbonyl (C=O) groups is 1. The van der Waals surface area contributed by atoms with Crippen LogP contribution >= 0.6 is 23.1 Å². The van der Waals surface area contributed by atoms with Gasteiger partial charge < -0.3 is 9.84 Å². The maximum atomic E-state index is 12.8. The van der Waals surface area contributed by atoms with Gasteiger partial charge in [-0.25, -0.2) is 4.98 Å². The SMILES string of the molecule is Cc1nc(-c2ccc(C(F)(F)F)cc2)sc1CSc1ccc2c(c1)CCC[C@@H](CC(=O)O)O2. The Morgan fingerprint density at radius 3 is 2.70 bits per heavy atom. The van der Waals surface area contributed by atoms with E-state index < -0.39 is 17.7 Å². The number of carboxylic acid groups (broad SMARTS) is 1. The van der Waals surface area contributed by atoms with Crippen molar-refractivity contribution < 1.29 is 27.8 Å². The molecule has 0 amide bonds. The van der Waals surface area contributed by atoms with E-state index in [1.807, 2.05) is 19.1 Å². The molecule has 0 unspecified atom stereocenters. The molecule has 0 aliphatic carbocycles. The first-order valence-corrected chi connectivity index (χ1v) is 12.3. The summed E-state index contributed by atoms with van der Waals surface area (Å²) >= 11 is 3.15. The highest BCUT2D eigenvalue weighted by molar-refractivity contribution is 7.98. The van der Waals surface area contributed by atoms with Crippen molar-refractivity contribution in [2.75, 3.05) is 0 Å². The van der Waals surface area contributed by atoms with Crippen molar-refractivity contribution in [3.05, 3.63) is 64.2 Å². The average molecular weight is 494 g/mol. The smallest absolute Gasteiger partial charge is 0.416 e. The Labute approximate surface area is 197 Å². The Kier molecular flexibility index (Phi) is 6.99. The molecule has 1 atom stereocenters. The molecule has 9 heteroatoms. The number of hydrogen-bond acceptors (Lipinski definition) is 5. The number of thiazole rings is 1. The van der Waals surface area contributed by atoms with E-state index in [9.17, 15) is 18.0 Å². The summed E-state index contributed by atoms with van der Waals surface area (Å²) in [6.45, 7) is 1.91. The first-order valence-electron chi connectivity index (χ1n) is 10.5. The molecule has 0 spiro atoms. The molecule has 2 heterocycles. The molecule has 0 saturated carbocycles. The molecule has 4 rings (SSSR count). The maximum Gasteiger partial charge on any atom is 0.416 e. The minimum Gasteiger partial charge on any atom is -0.490 e. The topological polar surface area (TPSA) is 59.4 Å². The zero-order chi connectivity index (χ0) is 23.6. The summed E-state index contributed by atoms with van der Waals surface area (Å²) in [6, 6.07) is 11.1. The highest BCUT2D eigenvalue weighted by Gasteiger charge is 2.30. The Morgan fingerprint density at radius 2 is 2.00 bits per heavy atom. The summed E-state index contributed by atoms with van der Waals surface area (Å²) in [5.41, 5.74) is 1.96. The van der Waals surface area contributed by atoms with Crippen molar-refractivity contribution in [2.45, 2.75) is 55.5 Å².